The molecule has 0 radical (unpaired) electrons. The van der Waals surface area contributed by atoms with E-state index in [-0.39, 0.29) is 23.9 Å². The number of hydrogen-bond donors (Lipinski definition) is 4. The van der Waals surface area contributed by atoms with Gasteiger partial charge in [0.05, 0.1) is 29.5 Å². The van der Waals surface area contributed by atoms with Crippen LogP contribution in [-0.4, -0.2) is 48.7 Å². The van der Waals surface area contributed by atoms with Gasteiger partial charge in [-0.2, -0.15) is 10.1 Å². The number of halogens is 2. The van der Waals surface area contributed by atoms with E-state index in [2.05, 4.69) is 30.9 Å². The van der Waals surface area contributed by atoms with Gasteiger partial charge in [-0.25, -0.2) is 13.3 Å². The summed E-state index contributed by atoms with van der Waals surface area (Å²) >= 11 is 0. The van der Waals surface area contributed by atoms with Gasteiger partial charge in [-0.15, -0.1) is 10.2 Å². The molecule has 3 heterocycles. The first-order valence-corrected chi connectivity index (χ1v) is 8.99. The lowest BCUT2D eigenvalue weighted by atomic mass is 9.87. The van der Waals surface area contributed by atoms with Crippen LogP contribution >= 0.6 is 0 Å². The van der Waals surface area contributed by atoms with Crippen molar-refractivity contribution in [2.24, 2.45) is 11.5 Å². The van der Waals surface area contributed by atoms with Gasteiger partial charge in [-0.3, -0.25) is 4.79 Å². The zero-order valence-corrected chi connectivity index (χ0v) is 15.2. The van der Waals surface area contributed by atoms with Crippen LogP contribution in [0.5, 0.6) is 0 Å². The number of nitrogens with one attached hydrogen (secondary N) is 2. The first kappa shape index (κ1) is 18.9. The van der Waals surface area contributed by atoms with E-state index < -0.39 is 23.9 Å². The molecule has 3 aromatic rings. The summed E-state index contributed by atoms with van der Waals surface area (Å²) in [7, 11) is 0. The standard InChI is InChI=1S/C17H19F2N9O/c18-17(19)6-3-4-9(13(17)20)24-16-25-15(12(14(21)29)26-27-16)23-10-8-22-28-7-2-1-5-11(10)28/h1-2,5,7-9,13H,3-4,6,20H2,(H2,21,29)(H2,23,24,25,27)/t9-,13-/m1/s1. The van der Waals surface area contributed by atoms with E-state index in [9.17, 15) is 13.6 Å². The fourth-order valence-electron chi connectivity index (χ4n) is 3.32. The number of carbonyl (C=O) groups excluding carboxylic acids is 1. The third kappa shape index (κ3) is 3.66. The van der Waals surface area contributed by atoms with Crippen LogP contribution in [0.15, 0.2) is 30.6 Å². The molecule has 1 fully saturated rings. The van der Waals surface area contributed by atoms with Crippen molar-refractivity contribution >= 4 is 28.9 Å². The van der Waals surface area contributed by atoms with E-state index in [1.165, 1.54) is 0 Å². The molecule has 10 nitrogen and oxygen atoms in total. The molecule has 2 atom stereocenters. The monoisotopic (exact) mass is 403 g/mol. The topological polar surface area (TPSA) is 149 Å². The lowest BCUT2D eigenvalue weighted by Crippen LogP contribution is -2.55. The number of fused-ring (bicyclic) bond motifs is 1. The number of carbonyl (C=O) groups is 1. The van der Waals surface area contributed by atoms with Gasteiger partial charge < -0.3 is 22.1 Å². The summed E-state index contributed by atoms with van der Waals surface area (Å²) in [5.41, 5.74) is 12.2. The summed E-state index contributed by atoms with van der Waals surface area (Å²) in [6, 6.07) is 3.34. The lowest BCUT2D eigenvalue weighted by Gasteiger charge is -2.35. The van der Waals surface area contributed by atoms with Crippen molar-refractivity contribution in [2.75, 3.05) is 10.6 Å². The third-order valence-corrected chi connectivity index (χ3v) is 4.86. The van der Waals surface area contributed by atoms with E-state index in [1.54, 1.807) is 16.9 Å². The Hall–Kier alpha value is -3.41. The first-order valence-electron chi connectivity index (χ1n) is 8.99. The number of rotatable bonds is 5. The summed E-state index contributed by atoms with van der Waals surface area (Å²) in [6.45, 7) is 0. The number of primary amides is 1. The molecule has 0 spiro atoms. The Kier molecular flexibility index (Phi) is 4.70. The van der Waals surface area contributed by atoms with Crippen molar-refractivity contribution in [1.82, 2.24) is 24.8 Å². The Morgan fingerprint density at radius 1 is 1.31 bits per heavy atom. The molecule has 12 heteroatoms. The highest BCUT2D eigenvalue weighted by Gasteiger charge is 2.45. The second-order valence-corrected chi connectivity index (χ2v) is 6.84. The fraction of sp³-hybridized carbons (Fsp3) is 0.353. The van der Waals surface area contributed by atoms with Gasteiger partial charge in [0.15, 0.2) is 11.5 Å². The highest BCUT2D eigenvalue weighted by Crippen LogP contribution is 2.33. The zero-order valence-electron chi connectivity index (χ0n) is 15.2. The van der Waals surface area contributed by atoms with Gasteiger partial charge >= 0.3 is 0 Å². The predicted octanol–water partition coefficient (Wildman–Crippen LogP) is 1.29. The first-order chi connectivity index (χ1) is 13.8. The van der Waals surface area contributed by atoms with E-state index in [0.717, 1.165) is 5.52 Å². The van der Waals surface area contributed by atoms with Crippen molar-refractivity contribution in [3.63, 3.8) is 0 Å². The van der Waals surface area contributed by atoms with Gasteiger partial charge in [0.2, 0.25) is 5.95 Å². The molecule has 152 valence electrons. The van der Waals surface area contributed by atoms with E-state index >= 15 is 0 Å². The summed E-state index contributed by atoms with van der Waals surface area (Å²) in [5.74, 6) is -3.82. The Bertz CT molecular complexity index is 1050. The molecule has 0 aromatic carbocycles. The SMILES string of the molecule is NC(=O)c1nnc(N[C@@H]2CCCC(F)(F)[C@@H]2N)nc1Nc1cnn2ccccc12. The molecule has 1 saturated carbocycles. The minimum absolute atomic E-state index is 0.0323. The molecule has 0 saturated heterocycles. The van der Waals surface area contributed by atoms with Gasteiger partial charge in [0.25, 0.3) is 11.8 Å². The number of aromatic nitrogens is 5. The van der Waals surface area contributed by atoms with Crippen LogP contribution in [0.1, 0.15) is 29.8 Å². The zero-order chi connectivity index (χ0) is 20.6. The number of hydrogen-bond acceptors (Lipinski definition) is 8. The van der Waals surface area contributed by atoms with E-state index in [0.29, 0.717) is 18.5 Å². The maximum atomic E-state index is 13.9. The Morgan fingerprint density at radius 3 is 2.93 bits per heavy atom. The highest BCUT2D eigenvalue weighted by molar-refractivity contribution is 5.96. The molecular weight excluding hydrogens is 384 g/mol. The van der Waals surface area contributed by atoms with Crippen LogP contribution in [-0.2, 0) is 0 Å². The van der Waals surface area contributed by atoms with Crippen molar-refractivity contribution in [1.29, 1.82) is 0 Å². The van der Waals surface area contributed by atoms with Gasteiger partial charge in [-0.1, -0.05) is 6.07 Å². The lowest BCUT2D eigenvalue weighted by molar-refractivity contribution is -0.0555. The molecule has 0 unspecified atom stereocenters. The summed E-state index contributed by atoms with van der Waals surface area (Å²) in [6.07, 6.45) is 3.80. The molecule has 1 aliphatic carbocycles. The summed E-state index contributed by atoms with van der Waals surface area (Å²) in [4.78, 5) is 15.9. The number of amides is 1. The van der Waals surface area contributed by atoms with Crippen molar-refractivity contribution in [2.45, 2.75) is 37.3 Å². The molecule has 4 rings (SSSR count). The second kappa shape index (κ2) is 7.20. The molecule has 0 aliphatic heterocycles. The Balaban J connectivity index is 1.63. The van der Waals surface area contributed by atoms with E-state index in [4.69, 9.17) is 11.5 Å². The quantitative estimate of drug-likeness (QED) is 0.498. The number of pyridine rings is 1. The number of alkyl halides is 2. The largest absolute Gasteiger partial charge is 0.364 e. The minimum Gasteiger partial charge on any atom is -0.364 e. The molecular formula is C17H19F2N9O. The maximum Gasteiger partial charge on any atom is 0.273 e. The average Bonchev–Trinajstić information content (AvgIpc) is 3.08. The summed E-state index contributed by atoms with van der Waals surface area (Å²) < 4.78 is 29.4. The van der Waals surface area contributed by atoms with Crippen LogP contribution in [0.3, 0.4) is 0 Å². The number of nitrogens with two attached hydrogens (primary N) is 2. The Labute approximate surface area is 163 Å². The number of nitrogens with zero attached hydrogens (tertiary/aromatic N) is 5. The minimum atomic E-state index is -2.98. The molecule has 29 heavy (non-hydrogen) atoms. The second-order valence-electron chi connectivity index (χ2n) is 6.84. The van der Waals surface area contributed by atoms with Crippen LogP contribution in [0.4, 0.5) is 26.2 Å². The number of anilines is 3. The van der Waals surface area contributed by atoms with Gasteiger partial charge in [0.1, 0.15) is 0 Å². The Morgan fingerprint density at radius 2 is 2.14 bits per heavy atom. The molecule has 1 aliphatic rings. The van der Waals surface area contributed by atoms with Crippen LogP contribution in [0, 0.1) is 0 Å². The maximum absolute atomic E-state index is 13.9. The van der Waals surface area contributed by atoms with Gasteiger partial charge in [-0.05, 0) is 25.0 Å². The molecule has 6 N–H and O–H groups in total. The van der Waals surface area contributed by atoms with Gasteiger partial charge in [0, 0.05) is 12.6 Å². The fourth-order valence-corrected chi connectivity index (χ4v) is 3.32. The molecule has 0 bridgehead atoms. The van der Waals surface area contributed by atoms with Crippen LogP contribution in [0.2, 0.25) is 0 Å². The van der Waals surface area contributed by atoms with Crippen molar-refractivity contribution in [3.8, 4) is 0 Å². The predicted molar refractivity (Wildman–Crippen MR) is 101 cm³/mol. The molecule has 1 amide bonds. The van der Waals surface area contributed by atoms with Crippen molar-refractivity contribution in [3.05, 3.63) is 36.3 Å². The third-order valence-electron chi connectivity index (χ3n) is 4.86. The van der Waals surface area contributed by atoms with E-state index in [1.807, 2.05) is 18.2 Å². The normalized spacial score (nSPS) is 21.1. The highest BCUT2D eigenvalue weighted by atomic mass is 19.3. The molecule has 3 aromatic heterocycles. The summed E-state index contributed by atoms with van der Waals surface area (Å²) in [5, 5.41) is 17.6. The average molecular weight is 403 g/mol. The smallest absolute Gasteiger partial charge is 0.273 e. The van der Waals surface area contributed by atoms with Crippen LogP contribution in [0.25, 0.3) is 5.52 Å². The van der Waals surface area contributed by atoms with Crippen LogP contribution < -0.4 is 22.1 Å². The van der Waals surface area contributed by atoms with Crippen molar-refractivity contribution < 1.29 is 13.6 Å².